The number of sulfone groups is 1. The second-order valence-corrected chi connectivity index (χ2v) is 12.2. The molecule has 3 rings (SSSR count). The van der Waals surface area contributed by atoms with Gasteiger partial charge in [-0.25, -0.2) is 12.8 Å². The van der Waals surface area contributed by atoms with E-state index >= 15 is 0 Å². The van der Waals surface area contributed by atoms with Crippen molar-refractivity contribution in [3.63, 3.8) is 0 Å². The average molecular weight is 510 g/mol. The van der Waals surface area contributed by atoms with Crippen molar-refractivity contribution in [2.45, 2.75) is 49.8 Å². The molecule has 1 unspecified atom stereocenters. The number of benzene rings is 2. The number of fused-ring (bicyclic) bond motifs is 1. The van der Waals surface area contributed by atoms with Crippen LogP contribution in [0.2, 0.25) is 0 Å². The van der Waals surface area contributed by atoms with Gasteiger partial charge in [0, 0.05) is 18.3 Å². The summed E-state index contributed by atoms with van der Waals surface area (Å²) < 4.78 is 46.5. The fraction of sp³-hybridized carbons (Fsp3) is 0.480. The molecule has 1 N–H and O–H groups in total. The molecule has 0 amide bonds. The van der Waals surface area contributed by atoms with Crippen LogP contribution in [-0.2, 0) is 14.6 Å². The average Bonchev–Trinajstić information content (AvgIpc) is 2.89. The molecule has 1 atom stereocenters. The van der Waals surface area contributed by atoms with Crippen molar-refractivity contribution in [2.24, 2.45) is 11.3 Å². The topological polar surface area (TPSA) is 83.9 Å². The van der Waals surface area contributed by atoms with Gasteiger partial charge in [0.05, 0.1) is 26.6 Å². The smallest absolute Gasteiger partial charge is 0.312 e. The normalized spacial score (nSPS) is 17.7. The maximum Gasteiger partial charge on any atom is 0.312 e. The zero-order chi connectivity index (χ0) is 25.1. The Morgan fingerprint density at radius 1 is 1.26 bits per heavy atom. The number of hydrogen-bond donors (Lipinski definition) is 1. The number of aliphatic carboxylic acids is 1. The molecule has 34 heavy (non-hydrogen) atoms. The molecule has 0 bridgehead atoms. The minimum Gasteiger partial charge on any atom is -0.491 e. The van der Waals surface area contributed by atoms with Crippen molar-refractivity contribution in [3.05, 3.63) is 42.2 Å². The first-order chi connectivity index (χ1) is 16.0. The number of carboxylic acid groups (broad SMARTS) is 1. The highest BCUT2D eigenvalue weighted by molar-refractivity contribution is 7.98. The van der Waals surface area contributed by atoms with Gasteiger partial charge >= 0.3 is 5.97 Å². The number of thioether (sulfide) groups is 1. The lowest BCUT2D eigenvalue weighted by atomic mass is 9.95. The highest BCUT2D eigenvalue weighted by Crippen LogP contribution is 2.43. The van der Waals surface area contributed by atoms with Gasteiger partial charge in [0.15, 0.2) is 9.84 Å². The lowest BCUT2D eigenvalue weighted by Gasteiger charge is -2.28. The zero-order valence-electron chi connectivity index (χ0n) is 20.0. The van der Waals surface area contributed by atoms with Crippen LogP contribution in [0.5, 0.6) is 5.75 Å². The van der Waals surface area contributed by atoms with Gasteiger partial charge in [0.25, 0.3) is 0 Å². The summed E-state index contributed by atoms with van der Waals surface area (Å²) >= 11 is 1.39. The van der Waals surface area contributed by atoms with E-state index in [0.717, 1.165) is 19.3 Å². The number of ether oxygens (including phenoxy) is 1. The maximum absolute atomic E-state index is 13.6. The SMILES string of the molecule is CCCCC1CN(c2ccc(F)cc2)c2cc(SC)c(OCC(C)(C)C(=O)O)cc2S(=O)(=O)C1. The van der Waals surface area contributed by atoms with Gasteiger partial charge in [-0.2, -0.15) is 0 Å². The summed E-state index contributed by atoms with van der Waals surface area (Å²) in [7, 11) is -3.65. The van der Waals surface area contributed by atoms with Gasteiger partial charge in [0.2, 0.25) is 0 Å². The van der Waals surface area contributed by atoms with Crippen LogP contribution in [-0.4, -0.2) is 44.7 Å². The molecule has 0 fully saturated rings. The Kier molecular flexibility index (Phi) is 8.18. The lowest BCUT2D eigenvalue weighted by molar-refractivity contribution is -0.148. The first-order valence-electron chi connectivity index (χ1n) is 11.3. The van der Waals surface area contributed by atoms with Crippen molar-refractivity contribution in [2.75, 3.05) is 30.1 Å². The van der Waals surface area contributed by atoms with Crippen molar-refractivity contribution < 1.29 is 27.4 Å². The van der Waals surface area contributed by atoms with E-state index < -0.39 is 21.2 Å². The van der Waals surface area contributed by atoms with Crippen LogP contribution in [0.1, 0.15) is 40.0 Å². The molecule has 0 aliphatic carbocycles. The van der Waals surface area contributed by atoms with Crippen LogP contribution >= 0.6 is 11.8 Å². The Morgan fingerprint density at radius 2 is 1.94 bits per heavy atom. The number of halogens is 1. The predicted molar refractivity (Wildman–Crippen MR) is 134 cm³/mol. The summed E-state index contributed by atoms with van der Waals surface area (Å²) in [6.45, 7) is 5.59. The van der Waals surface area contributed by atoms with Crippen molar-refractivity contribution in [1.82, 2.24) is 0 Å². The fourth-order valence-electron chi connectivity index (χ4n) is 3.93. The Hall–Kier alpha value is -2.26. The molecule has 186 valence electrons. The molecule has 2 aromatic carbocycles. The number of rotatable bonds is 9. The zero-order valence-corrected chi connectivity index (χ0v) is 21.6. The summed E-state index contributed by atoms with van der Waals surface area (Å²) in [5.74, 6) is -1.09. The fourth-order valence-corrected chi connectivity index (χ4v) is 6.32. The largest absolute Gasteiger partial charge is 0.491 e. The first kappa shape index (κ1) is 26.3. The molecule has 0 saturated carbocycles. The Bertz CT molecular complexity index is 1130. The third-order valence-electron chi connectivity index (χ3n) is 6.04. The van der Waals surface area contributed by atoms with E-state index in [9.17, 15) is 22.7 Å². The van der Waals surface area contributed by atoms with Crippen molar-refractivity contribution in [3.8, 4) is 5.75 Å². The Balaban J connectivity index is 2.13. The molecule has 0 radical (unpaired) electrons. The van der Waals surface area contributed by atoms with E-state index in [4.69, 9.17) is 4.74 Å². The number of carboxylic acids is 1. The van der Waals surface area contributed by atoms with Gasteiger partial charge in [0.1, 0.15) is 18.2 Å². The predicted octanol–water partition coefficient (Wildman–Crippen LogP) is 5.77. The number of nitrogens with zero attached hydrogens (tertiary/aromatic N) is 1. The second kappa shape index (κ2) is 10.6. The summed E-state index contributed by atoms with van der Waals surface area (Å²) in [4.78, 5) is 14.3. The summed E-state index contributed by atoms with van der Waals surface area (Å²) in [6.07, 6.45) is 4.51. The molecule has 0 saturated heterocycles. The highest BCUT2D eigenvalue weighted by Gasteiger charge is 2.34. The van der Waals surface area contributed by atoms with E-state index in [-0.39, 0.29) is 29.0 Å². The molecule has 0 spiro atoms. The van der Waals surface area contributed by atoms with Crippen LogP contribution in [0.25, 0.3) is 0 Å². The molecular weight excluding hydrogens is 477 g/mol. The number of anilines is 2. The second-order valence-electron chi connectivity index (χ2n) is 9.33. The standard InChI is InChI=1S/C25H32FNO5S2/c1-5-6-7-17-14-27(19-10-8-18(26)9-11-19)20-12-22(33-4)21(13-23(20)34(30,31)15-17)32-16-25(2,3)24(28)29/h8-13,17H,5-7,14-16H2,1-4H3,(H,28,29). The van der Waals surface area contributed by atoms with E-state index in [1.54, 1.807) is 32.0 Å². The number of carbonyl (C=O) groups is 1. The minimum atomic E-state index is -3.65. The maximum atomic E-state index is 13.6. The third-order valence-corrected chi connectivity index (χ3v) is 8.70. The minimum absolute atomic E-state index is 0.0103. The van der Waals surface area contributed by atoms with Crippen LogP contribution in [0.4, 0.5) is 15.8 Å². The van der Waals surface area contributed by atoms with Gasteiger partial charge < -0.3 is 14.7 Å². The van der Waals surface area contributed by atoms with E-state index in [0.29, 0.717) is 28.6 Å². The van der Waals surface area contributed by atoms with Crippen LogP contribution < -0.4 is 9.64 Å². The third kappa shape index (κ3) is 5.86. The monoisotopic (exact) mass is 509 g/mol. The summed E-state index contributed by atoms with van der Waals surface area (Å²) in [5.41, 5.74) is 0.112. The number of unbranched alkanes of at least 4 members (excludes halogenated alkanes) is 1. The quantitative estimate of drug-likeness (QED) is 0.430. The van der Waals surface area contributed by atoms with Gasteiger partial charge in [-0.05, 0) is 62.8 Å². The van der Waals surface area contributed by atoms with Gasteiger partial charge in [-0.3, -0.25) is 4.79 Å². The summed E-state index contributed by atoms with van der Waals surface area (Å²) in [5, 5.41) is 9.42. The van der Waals surface area contributed by atoms with Gasteiger partial charge in [-0.15, -0.1) is 11.8 Å². The van der Waals surface area contributed by atoms with Crippen molar-refractivity contribution >= 4 is 38.9 Å². The van der Waals surface area contributed by atoms with E-state index in [1.165, 1.54) is 30.0 Å². The van der Waals surface area contributed by atoms with Crippen molar-refractivity contribution in [1.29, 1.82) is 0 Å². The molecular formula is C25H32FNO5S2. The van der Waals surface area contributed by atoms with Crippen LogP contribution in [0, 0.1) is 17.2 Å². The lowest BCUT2D eigenvalue weighted by Crippen LogP contribution is -2.30. The van der Waals surface area contributed by atoms with Crippen LogP contribution in [0.3, 0.4) is 0 Å². The molecule has 1 heterocycles. The molecule has 1 aliphatic rings. The molecule has 6 nitrogen and oxygen atoms in total. The van der Waals surface area contributed by atoms with Gasteiger partial charge in [-0.1, -0.05) is 19.8 Å². The molecule has 0 aromatic heterocycles. The summed E-state index contributed by atoms with van der Waals surface area (Å²) in [6, 6.07) is 9.37. The molecule has 1 aliphatic heterocycles. The molecule has 9 heteroatoms. The molecule has 2 aromatic rings. The Labute approximate surface area is 205 Å². The van der Waals surface area contributed by atoms with E-state index in [1.807, 2.05) is 11.2 Å². The number of hydrogen-bond acceptors (Lipinski definition) is 6. The van der Waals surface area contributed by atoms with E-state index in [2.05, 4.69) is 6.92 Å². The Morgan fingerprint density at radius 3 is 2.53 bits per heavy atom. The highest BCUT2D eigenvalue weighted by atomic mass is 32.2. The van der Waals surface area contributed by atoms with Crippen LogP contribution in [0.15, 0.2) is 46.2 Å². The first-order valence-corrected chi connectivity index (χ1v) is 14.2.